The van der Waals surface area contributed by atoms with E-state index in [1.165, 1.54) is 11.1 Å². The zero-order chi connectivity index (χ0) is 41.0. The number of hydrogen-bond acceptors (Lipinski definition) is 10. The largest absolute Gasteiger partial charge is 2.00 e. The van der Waals surface area contributed by atoms with Crippen LogP contribution in [0.1, 0.15) is 74.3 Å². The summed E-state index contributed by atoms with van der Waals surface area (Å²) < 4.78 is 45.3. The SMILES string of the molecule is O=S([O-])C1CCC(c2ccnc3c2ccc2c(C4CCC(S(=O)[O-])CC4)ccnc23)CC1.[Ru+2].c1cnc2c(c1)ccc1cccnc12.c1cnc2c(c1)ccc1cccnc12. The average Bonchev–Trinajstić information content (AvgIpc) is 3.31. The number of rotatable bonds is 4. The van der Waals surface area contributed by atoms with Gasteiger partial charge < -0.3 is 9.11 Å². The second kappa shape index (κ2) is 19.3. The minimum absolute atomic E-state index is 0. The Kier molecular flexibility index (Phi) is 13.5. The molecule has 3 aromatic carbocycles. The van der Waals surface area contributed by atoms with Crippen molar-refractivity contribution in [1.82, 2.24) is 29.9 Å². The van der Waals surface area contributed by atoms with Crippen LogP contribution >= 0.6 is 0 Å². The molecule has 9 aromatic rings. The van der Waals surface area contributed by atoms with Crippen LogP contribution in [0.3, 0.4) is 0 Å². The van der Waals surface area contributed by atoms with Crippen molar-refractivity contribution in [2.75, 3.05) is 0 Å². The smallest absolute Gasteiger partial charge is 0.772 e. The number of benzene rings is 3. The van der Waals surface area contributed by atoms with E-state index in [9.17, 15) is 17.5 Å². The number of aromatic nitrogens is 6. The Balaban J connectivity index is 0.000000145. The van der Waals surface area contributed by atoms with Crippen LogP contribution in [-0.2, 0) is 41.6 Å². The summed E-state index contributed by atoms with van der Waals surface area (Å²) in [7, 11) is 0. The molecular weight excluding hydrogens is 890 g/mol. The number of hydrogen-bond donors (Lipinski definition) is 0. The first-order valence-corrected chi connectivity index (χ1v) is 22.7. The molecule has 2 unspecified atom stereocenters. The molecule has 0 N–H and O–H groups in total. The van der Waals surface area contributed by atoms with Crippen molar-refractivity contribution < 1.29 is 37.0 Å². The fourth-order valence-electron chi connectivity index (χ4n) is 9.07. The predicted molar refractivity (Wildman–Crippen MR) is 239 cm³/mol. The Morgan fingerprint density at radius 1 is 0.377 bits per heavy atom. The van der Waals surface area contributed by atoms with E-state index in [2.05, 4.69) is 103 Å². The standard InChI is InChI=1S/C24H28N2O4S2.2C12H8N2.Ru/c27-31(28)17-5-1-15(2-6-17)19-11-13-25-23-21(19)9-10-22-20(12-14-26-24(22)23)16-3-7-18(8-4-16)32(29)30;2*1-3-9-5-6-10-4-2-8-14-12(10)11(9)13-7-1;/h9-18H,1-8H2,(H,27,28)(H,29,30);2*1-8H;/q;;;+2/p-2. The van der Waals surface area contributed by atoms with Gasteiger partial charge in [-0.25, -0.2) is 0 Å². The fourth-order valence-corrected chi connectivity index (χ4v) is 10.4. The van der Waals surface area contributed by atoms with Crippen molar-refractivity contribution in [2.45, 2.75) is 73.7 Å². The third-order valence-electron chi connectivity index (χ3n) is 12.2. The van der Waals surface area contributed by atoms with Crippen molar-refractivity contribution >= 4 is 87.6 Å². The molecule has 0 saturated heterocycles. The predicted octanol–water partition coefficient (Wildman–Crippen LogP) is 10.2. The molecule has 6 heterocycles. The van der Waals surface area contributed by atoms with Gasteiger partial charge in [-0.2, -0.15) is 0 Å². The maximum absolute atomic E-state index is 11.3. The molecule has 13 heteroatoms. The molecule has 308 valence electrons. The number of fused-ring (bicyclic) bond motifs is 9. The molecule has 0 aliphatic heterocycles. The molecular formula is C48H42N6O4RuS2. The van der Waals surface area contributed by atoms with Gasteiger partial charge in [-0.1, -0.05) is 82.8 Å². The Bertz CT molecular complexity index is 2720. The van der Waals surface area contributed by atoms with Crippen molar-refractivity contribution in [2.24, 2.45) is 0 Å². The van der Waals surface area contributed by atoms with E-state index in [0.717, 1.165) is 91.1 Å². The second-order valence-corrected chi connectivity index (χ2v) is 17.9. The van der Waals surface area contributed by atoms with E-state index in [1.54, 1.807) is 24.8 Å². The summed E-state index contributed by atoms with van der Waals surface area (Å²) in [6, 6.07) is 32.7. The van der Waals surface area contributed by atoms with Crippen molar-refractivity contribution in [1.29, 1.82) is 0 Å². The van der Waals surface area contributed by atoms with E-state index in [-0.39, 0.29) is 30.0 Å². The zero-order valence-corrected chi connectivity index (χ0v) is 36.5. The maximum atomic E-state index is 11.3. The Morgan fingerprint density at radius 2 is 0.672 bits per heavy atom. The molecule has 2 fully saturated rings. The third kappa shape index (κ3) is 9.13. The molecule has 0 amide bonds. The second-order valence-electron chi connectivity index (χ2n) is 15.6. The minimum Gasteiger partial charge on any atom is -0.772 e. The Labute approximate surface area is 371 Å². The van der Waals surface area contributed by atoms with E-state index >= 15 is 0 Å². The molecule has 0 radical (unpaired) electrons. The Hall–Kier alpha value is -5.04. The van der Waals surface area contributed by atoms with Gasteiger partial charge in [-0.05, 0) is 111 Å². The Morgan fingerprint density at radius 3 is 0.967 bits per heavy atom. The van der Waals surface area contributed by atoms with Gasteiger partial charge in [-0.3, -0.25) is 38.3 Å². The summed E-state index contributed by atoms with van der Waals surface area (Å²) in [5, 5.41) is 6.30. The summed E-state index contributed by atoms with van der Waals surface area (Å²) >= 11 is -3.97. The molecule has 2 aliphatic carbocycles. The van der Waals surface area contributed by atoms with Crippen molar-refractivity contribution in [3.8, 4) is 0 Å². The van der Waals surface area contributed by atoms with E-state index in [1.807, 2.05) is 36.7 Å². The molecule has 10 nitrogen and oxygen atoms in total. The molecule has 6 aromatic heterocycles. The summed E-state index contributed by atoms with van der Waals surface area (Å²) in [5.74, 6) is 0.674. The van der Waals surface area contributed by atoms with Gasteiger partial charge in [0, 0.05) is 80.0 Å². The molecule has 61 heavy (non-hydrogen) atoms. The van der Waals surface area contributed by atoms with E-state index in [4.69, 9.17) is 0 Å². The van der Waals surface area contributed by atoms with Crippen LogP contribution < -0.4 is 0 Å². The van der Waals surface area contributed by atoms with E-state index in [0.29, 0.717) is 37.5 Å². The van der Waals surface area contributed by atoms with Crippen molar-refractivity contribution in [3.63, 3.8) is 0 Å². The maximum Gasteiger partial charge on any atom is 2.00 e. The molecule has 2 atom stereocenters. The number of pyridine rings is 6. The van der Waals surface area contributed by atoms with Crippen LogP contribution in [-0.4, -0.2) is 57.9 Å². The van der Waals surface area contributed by atoms with Gasteiger partial charge >= 0.3 is 19.5 Å². The first-order chi connectivity index (χ1) is 29.4. The van der Waals surface area contributed by atoms with Gasteiger partial charge in [0.1, 0.15) is 0 Å². The molecule has 2 saturated carbocycles. The monoisotopic (exact) mass is 932 g/mol. The summed E-state index contributed by atoms with van der Waals surface area (Å²) in [6.45, 7) is 0. The molecule has 0 spiro atoms. The van der Waals surface area contributed by atoms with E-state index < -0.39 is 22.2 Å². The number of nitrogens with zero attached hydrogens (tertiary/aromatic N) is 6. The summed E-state index contributed by atoms with van der Waals surface area (Å²) in [5.41, 5.74) is 8.17. The summed E-state index contributed by atoms with van der Waals surface area (Å²) in [6.07, 6.45) is 17.2. The van der Waals surface area contributed by atoms with Gasteiger partial charge in [0.05, 0.1) is 33.1 Å². The quantitative estimate of drug-likeness (QED) is 0.0945. The van der Waals surface area contributed by atoms with Crippen molar-refractivity contribution in [3.05, 3.63) is 145 Å². The van der Waals surface area contributed by atoms with Gasteiger partial charge in [0.2, 0.25) is 0 Å². The average molecular weight is 932 g/mol. The van der Waals surface area contributed by atoms with Gasteiger partial charge in [0.25, 0.3) is 0 Å². The van der Waals surface area contributed by atoms with Crippen LogP contribution in [0.15, 0.2) is 134 Å². The minimum atomic E-state index is -1.99. The molecule has 0 bridgehead atoms. The van der Waals surface area contributed by atoms with Crippen LogP contribution in [0, 0.1) is 0 Å². The molecule has 2 aliphatic rings. The summed E-state index contributed by atoms with van der Waals surface area (Å²) in [4.78, 5) is 26.8. The normalized spacial score (nSPS) is 20.0. The first-order valence-electron chi connectivity index (χ1n) is 20.4. The van der Waals surface area contributed by atoms with Crippen LogP contribution in [0.2, 0.25) is 0 Å². The first kappa shape index (κ1) is 42.6. The van der Waals surface area contributed by atoms with Gasteiger partial charge in [0.15, 0.2) is 0 Å². The molecule has 11 rings (SSSR count). The van der Waals surface area contributed by atoms with Crippen LogP contribution in [0.25, 0.3) is 65.4 Å². The fraction of sp³-hybridized carbons (Fsp3) is 0.250. The van der Waals surface area contributed by atoms with Gasteiger partial charge in [-0.15, -0.1) is 0 Å². The third-order valence-corrected chi connectivity index (χ3v) is 14.2. The zero-order valence-electron chi connectivity index (χ0n) is 33.2. The topological polar surface area (TPSA) is 158 Å². The van der Waals surface area contributed by atoms with Crippen LogP contribution in [0.5, 0.6) is 0 Å². The van der Waals surface area contributed by atoms with Crippen LogP contribution in [0.4, 0.5) is 0 Å².